The molecule has 1 aliphatic heterocycles. The highest BCUT2D eigenvalue weighted by Gasteiger charge is 2.15. The van der Waals surface area contributed by atoms with Crippen molar-refractivity contribution in [2.45, 2.75) is 6.04 Å². The molecule has 2 rings (SSSR count). The van der Waals surface area contributed by atoms with Crippen LogP contribution < -0.4 is 10.6 Å². The summed E-state index contributed by atoms with van der Waals surface area (Å²) in [6.07, 6.45) is 0. The van der Waals surface area contributed by atoms with Crippen LogP contribution in [0.4, 0.5) is 0 Å². The summed E-state index contributed by atoms with van der Waals surface area (Å²) in [5.74, 6) is 0. The van der Waals surface area contributed by atoms with Crippen molar-refractivity contribution in [1.82, 2.24) is 10.6 Å². The molecule has 78 valence electrons. The van der Waals surface area contributed by atoms with Gasteiger partial charge < -0.3 is 10.6 Å². The van der Waals surface area contributed by atoms with Gasteiger partial charge in [0.1, 0.15) is 0 Å². The lowest BCUT2D eigenvalue weighted by molar-refractivity contribution is 0.430. The normalized spacial score (nSPS) is 21.4. The van der Waals surface area contributed by atoms with Crippen LogP contribution in [0.5, 0.6) is 0 Å². The Bertz CT molecular complexity index is 285. The molecule has 1 heterocycles. The average molecular weight is 233 g/mol. The minimum absolute atomic E-state index is 0. The number of piperazine rings is 1. The van der Waals surface area contributed by atoms with Gasteiger partial charge in [-0.25, -0.2) is 0 Å². The van der Waals surface area contributed by atoms with E-state index in [1.165, 1.54) is 5.56 Å². The third kappa shape index (κ3) is 2.61. The third-order valence-electron chi connectivity index (χ3n) is 2.32. The van der Waals surface area contributed by atoms with Crippen molar-refractivity contribution in [3.8, 4) is 0 Å². The van der Waals surface area contributed by atoms with Gasteiger partial charge in [-0.3, -0.25) is 0 Å². The van der Waals surface area contributed by atoms with E-state index in [9.17, 15) is 0 Å². The Labute approximate surface area is 95.4 Å². The van der Waals surface area contributed by atoms with Gasteiger partial charge in [0.15, 0.2) is 0 Å². The zero-order valence-corrected chi connectivity index (χ0v) is 9.37. The first-order valence-electron chi connectivity index (χ1n) is 4.56. The lowest BCUT2D eigenvalue weighted by Gasteiger charge is -2.25. The average Bonchev–Trinajstić information content (AvgIpc) is 2.20. The molecule has 0 radical (unpaired) electrons. The number of nitrogens with one attached hydrogen (secondary N) is 2. The highest BCUT2D eigenvalue weighted by atomic mass is 35.5. The van der Waals surface area contributed by atoms with Crippen molar-refractivity contribution in [3.05, 3.63) is 34.9 Å². The number of rotatable bonds is 1. The molecular weight excluding hydrogens is 219 g/mol. The van der Waals surface area contributed by atoms with Crippen molar-refractivity contribution in [2.24, 2.45) is 0 Å². The lowest BCUT2D eigenvalue weighted by Crippen LogP contribution is -2.42. The number of benzene rings is 1. The molecule has 1 saturated heterocycles. The second kappa shape index (κ2) is 5.56. The molecule has 0 spiro atoms. The Morgan fingerprint density at radius 2 is 2.00 bits per heavy atom. The van der Waals surface area contributed by atoms with Gasteiger partial charge in [0.05, 0.1) is 0 Å². The molecule has 1 fully saturated rings. The molecule has 0 aliphatic carbocycles. The Morgan fingerprint density at radius 1 is 1.21 bits per heavy atom. The molecule has 0 bridgehead atoms. The van der Waals surface area contributed by atoms with Gasteiger partial charge in [0.25, 0.3) is 0 Å². The molecule has 2 N–H and O–H groups in total. The summed E-state index contributed by atoms with van der Waals surface area (Å²) in [7, 11) is 0. The molecule has 14 heavy (non-hydrogen) atoms. The van der Waals surface area contributed by atoms with Gasteiger partial charge in [0.2, 0.25) is 0 Å². The topological polar surface area (TPSA) is 24.1 Å². The van der Waals surface area contributed by atoms with Gasteiger partial charge in [-0.2, -0.15) is 0 Å². The number of hydrogen-bond acceptors (Lipinski definition) is 2. The molecule has 2 nitrogen and oxygen atoms in total. The second-order valence-corrected chi connectivity index (χ2v) is 3.64. The molecule has 1 aromatic rings. The molecule has 0 aromatic heterocycles. The second-order valence-electron chi connectivity index (χ2n) is 3.23. The first-order valence-corrected chi connectivity index (χ1v) is 4.94. The summed E-state index contributed by atoms with van der Waals surface area (Å²) >= 11 is 6.09. The molecule has 0 saturated carbocycles. The quantitative estimate of drug-likeness (QED) is 0.775. The van der Waals surface area contributed by atoms with E-state index in [0.717, 1.165) is 24.7 Å². The minimum atomic E-state index is 0. The Hall–Kier alpha value is -0.280. The summed E-state index contributed by atoms with van der Waals surface area (Å²) in [5, 5.41) is 7.62. The number of halogens is 2. The van der Waals surface area contributed by atoms with E-state index >= 15 is 0 Å². The van der Waals surface area contributed by atoms with Crippen LogP contribution in [-0.2, 0) is 0 Å². The molecule has 1 atom stereocenters. The summed E-state index contributed by atoms with van der Waals surface area (Å²) in [6, 6.07) is 8.36. The summed E-state index contributed by atoms with van der Waals surface area (Å²) in [6.45, 7) is 3.01. The molecule has 0 amide bonds. The van der Waals surface area contributed by atoms with Gasteiger partial charge >= 0.3 is 0 Å². The highest BCUT2D eigenvalue weighted by Crippen LogP contribution is 2.22. The van der Waals surface area contributed by atoms with E-state index in [1.807, 2.05) is 18.2 Å². The minimum Gasteiger partial charge on any atom is -0.314 e. The Kier molecular flexibility index (Phi) is 4.69. The van der Waals surface area contributed by atoms with Crippen LogP contribution in [0.2, 0.25) is 5.02 Å². The smallest absolute Gasteiger partial charge is 0.0462 e. The van der Waals surface area contributed by atoms with Crippen molar-refractivity contribution in [3.63, 3.8) is 0 Å². The van der Waals surface area contributed by atoms with Crippen LogP contribution in [0.15, 0.2) is 24.3 Å². The van der Waals surface area contributed by atoms with E-state index in [1.54, 1.807) is 0 Å². The van der Waals surface area contributed by atoms with Crippen LogP contribution >= 0.6 is 24.0 Å². The monoisotopic (exact) mass is 232 g/mol. The first kappa shape index (κ1) is 11.8. The van der Waals surface area contributed by atoms with E-state index in [2.05, 4.69) is 16.7 Å². The maximum atomic E-state index is 6.09. The van der Waals surface area contributed by atoms with Gasteiger partial charge in [-0.1, -0.05) is 29.8 Å². The van der Waals surface area contributed by atoms with E-state index < -0.39 is 0 Å². The van der Waals surface area contributed by atoms with Crippen molar-refractivity contribution >= 4 is 24.0 Å². The van der Waals surface area contributed by atoms with Crippen molar-refractivity contribution in [1.29, 1.82) is 0 Å². The van der Waals surface area contributed by atoms with E-state index in [4.69, 9.17) is 11.6 Å². The first-order chi connectivity index (χ1) is 6.38. The zero-order chi connectivity index (χ0) is 9.10. The fourth-order valence-corrected chi connectivity index (χ4v) is 1.90. The predicted octanol–water partition coefficient (Wildman–Crippen LogP) is 2.00. The summed E-state index contributed by atoms with van der Waals surface area (Å²) in [4.78, 5) is 0. The maximum absolute atomic E-state index is 6.09. The van der Waals surface area contributed by atoms with Crippen molar-refractivity contribution in [2.75, 3.05) is 19.6 Å². The van der Waals surface area contributed by atoms with Crippen LogP contribution in [0.3, 0.4) is 0 Å². The SMILES string of the molecule is Cl.Clc1ccccc1C1CNCCN1. The summed E-state index contributed by atoms with van der Waals surface area (Å²) < 4.78 is 0. The maximum Gasteiger partial charge on any atom is 0.0462 e. The molecule has 1 aromatic carbocycles. The lowest BCUT2D eigenvalue weighted by atomic mass is 10.1. The van der Waals surface area contributed by atoms with Crippen LogP contribution in [0.1, 0.15) is 11.6 Å². The fraction of sp³-hybridized carbons (Fsp3) is 0.400. The largest absolute Gasteiger partial charge is 0.314 e. The van der Waals surface area contributed by atoms with Gasteiger partial charge in [0, 0.05) is 30.7 Å². The third-order valence-corrected chi connectivity index (χ3v) is 2.67. The zero-order valence-electron chi connectivity index (χ0n) is 7.79. The van der Waals surface area contributed by atoms with E-state index in [0.29, 0.717) is 6.04 Å². The Morgan fingerprint density at radius 3 is 2.64 bits per heavy atom. The molecular formula is C10H14Cl2N2. The van der Waals surface area contributed by atoms with E-state index in [-0.39, 0.29) is 12.4 Å². The molecule has 4 heteroatoms. The number of hydrogen-bond donors (Lipinski definition) is 2. The van der Waals surface area contributed by atoms with Crippen LogP contribution in [0.25, 0.3) is 0 Å². The van der Waals surface area contributed by atoms with Gasteiger partial charge in [-0.05, 0) is 11.6 Å². The summed E-state index contributed by atoms with van der Waals surface area (Å²) in [5.41, 5.74) is 1.19. The molecule has 1 aliphatic rings. The molecule has 1 unspecified atom stereocenters. The fourth-order valence-electron chi connectivity index (χ4n) is 1.63. The van der Waals surface area contributed by atoms with Gasteiger partial charge in [-0.15, -0.1) is 12.4 Å². The van der Waals surface area contributed by atoms with Crippen LogP contribution in [-0.4, -0.2) is 19.6 Å². The predicted molar refractivity (Wildman–Crippen MR) is 62.3 cm³/mol. The Balaban J connectivity index is 0.000000980. The van der Waals surface area contributed by atoms with Crippen LogP contribution in [0, 0.1) is 0 Å². The standard InChI is InChI=1S/C10H13ClN2.ClH/c11-9-4-2-1-3-8(9)10-7-12-5-6-13-10;/h1-4,10,12-13H,5-7H2;1H. The van der Waals surface area contributed by atoms with Crippen molar-refractivity contribution < 1.29 is 0 Å². The highest BCUT2D eigenvalue weighted by molar-refractivity contribution is 6.31.